The number of thioether (sulfide) groups is 1. The molecule has 2 rings (SSSR count). The third-order valence-corrected chi connectivity index (χ3v) is 3.13. The summed E-state index contributed by atoms with van der Waals surface area (Å²) in [5, 5.41) is 11.2. The van der Waals surface area contributed by atoms with Crippen molar-refractivity contribution in [2.24, 2.45) is 0 Å². The van der Waals surface area contributed by atoms with Gasteiger partial charge in [-0.15, -0.1) is 23.1 Å². The van der Waals surface area contributed by atoms with Crippen molar-refractivity contribution in [3.05, 3.63) is 17.1 Å². The summed E-state index contributed by atoms with van der Waals surface area (Å²) < 4.78 is 0. The molecule has 0 bridgehead atoms. The van der Waals surface area contributed by atoms with Gasteiger partial charge < -0.3 is 5.11 Å². The van der Waals surface area contributed by atoms with Crippen LogP contribution in [0.25, 0.3) is 10.3 Å². The number of hydrogen-bond donors (Lipinski definition) is 1. The number of aromatic carboxylic acids is 1. The second kappa shape index (κ2) is 3.55. The summed E-state index contributed by atoms with van der Waals surface area (Å²) >= 11 is 2.75. The topological polar surface area (TPSA) is 63.1 Å². The summed E-state index contributed by atoms with van der Waals surface area (Å²) in [6, 6.07) is 1.77. The maximum atomic E-state index is 10.8. The minimum Gasteiger partial charge on any atom is -0.476 e. The van der Waals surface area contributed by atoms with Crippen molar-refractivity contribution in [3.63, 3.8) is 0 Å². The third kappa shape index (κ3) is 1.46. The van der Waals surface area contributed by atoms with Gasteiger partial charge in [0.15, 0.2) is 5.69 Å². The van der Waals surface area contributed by atoms with Gasteiger partial charge in [0, 0.05) is 0 Å². The fourth-order valence-electron chi connectivity index (χ4n) is 1.06. The highest BCUT2D eigenvalue weighted by Gasteiger charge is 2.14. The van der Waals surface area contributed by atoms with Gasteiger partial charge in [0.2, 0.25) is 0 Å². The van der Waals surface area contributed by atoms with Crippen molar-refractivity contribution < 1.29 is 9.90 Å². The molecule has 0 amide bonds. The van der Waals surface area contributed by atoms with Crippen LogP contribution < -0.4 is 0 Å². The number of aromatic nitrogens is 2. The van der Waals surface area contributed by atoms with Crippen LogP contribution in [-0.4, -0.2) is 27.3 Å². The van der Waals surface area contributed by atoms with E-state index in [0.29, 0.717) is 10.5 Å². The van der Waals surface area contributed by atoms with Gasteiger partial charge in [-0.3, -0.25) is 0 Å². The number of rotatable bonds is 2. The molecule has 0 aliphatic rings. The molecule has 72 valence electrons. The molecular weight excluding hydrogens is 220 g/mol. The fraction of sp³-hybridized carbons (Fsp3) is 0.125. The number of carboxylic acids is 1. The van der Waals surface area contributed by atoms with Gasteiger partial charge in [0.1, 0.15) is 15.4 Å². The highest BCUT2D eigenvalue weighted by molar-refractivity contribution is 7.98. The average molecular weight is 226 g/mol. The maximum absolute atomic E-state index is 10.8. The fourth-order valence-corrected chi connectivity index (χ4v) is 2.33. The molecule has 1 N–H and O–H groups in total. The number of hydrogen-bond acceptors (Lipinski definition) is 5. The van der Waals surface area contributed by atoms with Crippen molar-refractivity contribution in [1.82, 2.24) is 9.97 Å². The molecule has 0 aliphatic heterocycles. The number of nitrogens with zero attached hydrogens (tertiary/aromatic N) is 2. The van der Waals surface area contributed by atoms with Crippen LogP contribution in [0.15, 0.2) is 16.5 Å². The number of carbonyl (C=O) groups is 1. The Bertz CT molecular complexity index is 495. The Labute approximate surface area is 88.0 Å². The molecule has 0 unspecified atom stereocenters. The summed E-state index contributed by atoms with van der Waals surface area (Å²) in [6.45, 7) is 0. The summed E-state index contributed by atoms with van der Waals surface area (Å²) in [4.78, 5) is 19.9. The third-order valence-electron chi connectivity index (χ3n) is 1.66. The van der Waals surface area contributed by atoms with Gasteiger partial charge in [-0.05, 0) is 17.7 Å². The Morgan fingerprint density at radius 1 is 1.57 bits per heavy atom. The van der Waals surface area contributed by atoms with Gasteiger partial charge >= 0.3 is 5.97 Å². The normalized spacial score (nSPS) is 10.6. The molecule has 2 aromatic rings. The van der Waals surface area contributed by atoms with E-state index < -0.39 is 5.97 Å². The average Bonchev–Trinajstić information content (AvgIpc) is 2.62. The van der Waals surface area contributed by atoms with Gasteiger partial charge in [0.25, 0.3) is 0 Å². The molecule has 0 atom stereocenters. The molecule has 0 aliphatic carbocycles. The zero-order chi connectivity index (χ0) is 10.1. The first-order valence-corrected chi connectivity index (χ1v) is 5.85. The number of thiophene rings is 1. The lowest BCUT2D eigenvalue weighted by Crippen LogP contribution is -2.04. The molecule has 0 saturated heterocycles. The van der Waals surface area contributed by atoms with Crippen molar-refractivity contribution in [3.8, 4) is 0 Å². The Balaban J connectivity index is 2.72. The first-order valence-electron chi connectivity index (χ1n) is 3.75. The van der Waals surface area contributed by atoms with Gasteiger partial charge in [-0.2, -0.15) is 0 Å². The van der Waals surface area contributed by atoms with E-state index in [-0.39, 0.29) is 5.69 Å². The number of fused-ring (bicyclic) bond motifs is 1. The van der Waals surface area contributed by atoms with E-state index >= 15 is 0 Å². The van der Waals surface area contributed by atoms with Crippen LogP contribution >= 0.6 is 23.1 Å². The maximum Gasteiger partial charge on any atom is 0.357 e. The minimum absolute atomic E-state index is 0.0309. The molecule has 6 heteroatoms. The minimum atomic E-state index is -1.03. The monoisotopic (exact) mass is 226 g/mol. The summed E-state index contributed by atoms with van der Waals surface area (Å²) in [7, 11) is 0. The van der Waals surface area contributed by atoms with Crippen molar-refractivity contribution in [1.29, 1.82) is 0 Å². The van der Waals surface area contributed by atoms with E-state index in [9.17, 15) is 4.79 Å². The molecule has 0 saturated carbocycles. The first kappa shape index (κ1) is 9.42. The molecule has 0 spiro atoms. The lowest BCUT2D eigenvalue weighted by atomic mass is 10.4. The molecule has 2 heterocycles. The van der Waals surface area contributed by atoms with Crippen LogP contribution in [0.2, 0.25) is 0 Å². The van der Waals surface area contributed by atoms with Crippen LogP contribution in [0.5, 0.6) is 0 Å². The molecule has 0 radical (unpaired) electrons. The van der Waals surface area contributed by atoms with E-state index in [1.807, 2.05) is 5.38 Å². The molecular formula is C8H6N2O2S2. The predicted octanol–water partition coefficient (Wildman–Crippen LogP) is 2.11. The molecule has 0 aromatic carbocycles. The zero-order valence-electron chi connectivity index (χ0n) is 7.22. The first-order chi connectivity index (χ1) is 6.72. The Morgan fingerprint density at radius 2 is 2.36 bits per heavy atom. The van der Waals surface area contributed by atoms with Gasteiger partial charge in [0.05, 0.1) is 0 Å². The molecule has 2 aromatic heterocycles. The van der Waals surface area contributed by atoms with E-state index in [0.717, 1.165) is 4.83 Å². The van der Waals surface area contributed by atoms with E-state index in [4.69, 9.17) is 5.11 Å². The van der Waals surface area contributed by atoms with Crippen molar-refractivity contribution in [2.45, 2.75) is 5.03 Å². The Morgan fingerprint density at radius 3 is 3.00 bits per heavy atom. The quantitative estimate of drug-likeness (QED) is 0.794. The Hall–Kier alpha value is -1.14. The number of carboxylic acid groups (broad SMARTS) is 1. The Kier molecular flexibility index (Phi) is 2.39. The SMILES string of the molecule is CSc1nc2sccc2nc1C(=O)O. The lowest BCUT2D eigenvalue weighted by molar-refractivity contribution is 0.0686. The molecule has 4 nitrogen and oxygen atoms in total. The summed E-state index contributed by atoms with van der Waals surface area (Å²) in [5.41, 5.74) is 0.675. The second-order valence-corrected chi connectivity index (χ2v) is 4.19. The van der Waals surface area contributed by atoms with Crippen molar-refractivity contribution in [2.75, 3.05) is 6.26 Å². The largest absolute Gasteiger partial charge is 0.476 e. The van der Waals surface area contributed by atoms with Gasteiger partial charge in [-0.25, -0.2) is 14.8 Å². The van der Waals surface area contributed by atoms with E-state index in [1.165, 1.54) is 23.1 Å². The van der Waals surface area contributed by atoms with Crippen molar-refractivity contribution >= 4 is 39.4 Å². The lowest BCUT2D eigenvalue weighted by Gasteiger charge is -2.00. The zero-order valence-corrected chi connectivity index (χ0v) is 8.85. The predicted molar refractivity (Wildman–Crippen MR) is 56.2 cm³/mol. The van der Waals surface area contributed by atoms with Crippen LogP contribution in [0.3, 0.4) is 0 Å². The van der Waals surface area contributed by atoms with Crippen LogP contribution in [0.4, 0.5) is 0 Å². The molecule has 0 fully saturated rings. The van der Waals surface area contributed by atoms with E-state index in [2.05, 4.69) is 9.97 Å². The second-order valence-electron chi connectivity index (χ2n) is 2.50. The standard InChI is InChI=1S/C8H6N2O2S2/c1-13-7-5(8(11)12)9-4-2-3-14-6(4)10-7/h2-3H,1H3,(H,11,12). The smallest absolute Gasteiger partial charge is 0.357 e. The van der Waals surface area contributed by atoms with Crippen LogP contribution in [0, 0.1) is 0 Å². The van der Waals surface area contributed by atoms with Gasteiger partial charge in [-0.1, -0.05) is 0 Å². The van der Waals surface area contributed by atoms with Crippen LogP contribution in [-0.2, 0) is 0 Å². The van der Waals surface area contributed by atoms with Crippen LogP contribution in [0.1, 0.15) is 10.5 Å². The molecule has 14 heavy (non-hydrogen) atoms. The highest BCUT2D eigenvalue weighted by atomic mass is 32.2. The summed E-state index contributed by atoms with van der Waals surface area (Å²) in [6.07, 6.45) is 1.79. The van der Waals surface area contributed by atoms with E-state index in [1.54, 1.807) is 12.3 Å². The summed E-state index contributed by atoms with van der Waals surface area (Å²) in [5.74, 6) is -1.03. The highest BCUT2D eigenvalue weighted by Crippen LogP contribution is 2.23.